The van der Waals surface area contributed by atoms with Crippen molar-refractivity contribution < 1.29 is 19.0 Å². The summed E-state index contributed by atoms with van der Waals surface area (Å²) in [5.41, 5.74) is 1.72. The molecule has 2 saturated heterocycles. The highest BCUT2D eigenvalue weighted by molar-refractivity contribution is 6.34. The van der Waals surface area contributed by atoms with E-state index in [1.807, 2.05) is 0 Å². The van der Waals surface area contributed by atoms with Gasteiger partial charge in [0, 0.05) is 28.7 Å². The second-order valence-electron chi connectivity index (χ2n) is 8.98. The van der Waals surface area contributed by atoms with Crippen LogP contribution in [0.1, 0.15) is 65.9 Å². The predicted molar refractivity (Wildman–Crippen MR) is 118 cm³/mol. The lowest BCUT2D eigenvalue weighted by Crippen LogP contribution is -2.45. The summed E-state index contributed by atoms with van der Waals surface area (Å²) in [5, 5.41) is 10.4. The molecule has 2 bridgehead atoms. The van der Waals surface area contributed by atoms with Gasteiger partial charge in [0.25, 0.3) is 0 Å². The standard InChI is InChI=1S/C24H24Cl2FNO3/c25-15-6-16(26)8-19(7-15)31-20-9-17-3-4-18(10-20)28(17)12-14-5-23(27)22(24(29)30)11-21(14)13-1-2-13/h5-8,11,13,17-18,20H,1-4,9-10,12H2,(H,29,30)/t17-,18+,20?. The highest BCUT2D eigenvalue weighted by Gasteiger charge is 2.42. The van der Waals surface area contributed by atoms with Gasteiger partial charge in [0.2, 0.25) is 0 Å². The second kappa shape index (κ2) is 8.27. The SMILES string of the molecule is O=C(O)c1cc(C2CC2)c(CN2[C@@H]3CC[C@H]2CC(Oc2cc(Cl)cc(Cl)c2)C3)cc1F. The molecule has 0 radical (unpaired) electrons. The van der Waals surface area contributed by atoms with Crippen LogP contribution in [0.15, 0.2) is 30.3 Å². The van der Waals surface area contributed by atoms with Crippen LogP contribution in [0.25, 0.3) is 0 Å². The van der Waals surface area contributed by atoms with Crippen LogP contribution in [-0.2, 0) is 6.54 Å². The molecular formula is C24H24Cl2FNO3. The summed E-state index contributed by atoms with van der Waals surface area (Å²) in [6.45, 7) is 0.660. The quantitative estimate of drug-likeness (QED) is 0.547. The highest BCUT2D eigenvalue weighted by Crippen LogP contribution is 2.44. The number of benzene rings is 2. The van der Waals surface area contributed by atoms with E-state index in [-0.39, 0.29) is 11.7 Å². The third-order valence-corrected chi connectivity index (χ3v) is 7.25. The molecular weight excluding hydrogens is 440 g/mol. The molecule has 31 heavy (non-hydrogen) atoms. The molecule has 3 fully saturated rings. The topological polar surface area (TPSA) is 49.8 Å². The van der Waals surface area contributed by atoms with Crippen molar-refractivity contribution >= 4 is 29.2 Å². The number of halogens is 3. The van der Waals surface area contributed by atoms with E-state index in [2.05, 4.69) is 4.90 Å². The fourth-order valence-corrected chi connectivity index (χ4v) is 5.78. The van der Waals surface area contributed by atoms with Gasteiger partial charge in [-0.3, -0.25) is 4.90 Å². The Balaban J connectivity index is 1.32. The Hall–Kier alpha value is -1.82. The minimum Gasteiger partial charge on any atom is -0.490 e. The monoisotopic (exact) mass is 463 g/mol. The molecule has 0 aromatic heterocycles. The number of carbonyl (C=O) groups is 1. The van der Waals surface area contributed by atoms with Gasteiger partial charge in [-0.25, -0.2) is 9.18 Å². The van der Waals surface area contributed by atoms with Crippen LogP contribution >= 0.6 is 23.2 Å². The number of aromatic carboxylic acids is 1. The first-order valence-corrected chi connectivity index (χ1v) is 11.6. The van der Waals surface area contributed by atoms with Gasteiger partial charge in [-0.2, -0.15) is 0 Å². The summed E-state index contributed by atoms with van der Waals surface area (Å²) in [6, 6.07) is 9.01. The third-order valence-electron chi connectivity index (χ3n) is 6.81. The van der Waals surface area contributed by atoms with Gasteiger partial charge in [-0.15, -0.1) is 0 Å². The number of carboxylic acid groups (broad SMARTS) is 1. The summed E-state index contributed by atoms with van der Waals surface area (Å²) >= 11 is 12.2. The first-order valence-electron chi connectivity index (χ1n) is 10.8. The zero-order valence-corrected chi connectivity index (χ0v) is 18.5. The minimum absolute atomic E-state index is 0.0947. The van der Waals surface area contributed by atoms with E-state index in [4.69, 9.17) is 27.9 Å². The van der Waals surface area contributed by atoms with Crippen molar-refractivity contribution in [3.63, 3.8) is 0 Å². The fraction of sp³-hybridized carbons (Fsp3) is 0.458. The van der Waals surface area contributed by atoms with Crippen LogP contribution in [0, 0.1) is 5.82 Å². The van der Waals surface area contributed by atoms with E-state index < -0.39 is 11.8 Å². The molecule has 3 aliphatic rings. The van der Waals surface area contributed by atoms with E-state index in [0.717, 1.165) is 49.7 Å². The van der Waals surface area contributed by atoms with Crippen molar-refractivity contribution in [3.8, 4) is 5.75 Å². The predicted octanol–water partition coefficient (Wildman–Crippen LogP) is 6.28. The van der Waals surface area contributed by atoms with E-state index in [1.54, 1.807) is 24.3 Å². The third kappa shape index (κ3) is 4.41. The number of rotatable bonds is 6. The van der Waals surface area contributed by atoms with Crippen molar-refractivity contribution in [1.29, 1.82) is 0 Å². The maximum Gasteiger partial charge on any atom is 0.338 e. The number of carboxylic acids is 1. The molecule has 4 nitrogen and oxygen atoms in total. The van der Waals surface area contributed by atoms with Crippen molar-refractivity contribution in [2.75, 3.05) is 0 Å². The summed E-state index contributed by atoms with van der Waals surface area (Å²) in [7, 11) is 0. The van der Waals surface area contributed by atoms with E-state index in [1.165, 1.54) is 6.07 Å². The van der Waals surface area contributed by atoms with E-state index in [9.17, 15) is 14.3 Å². The zero-order chi connectivity index (χ0) is 21.7. The summed E-state index contributed by atoms with van der Waals surface area (Å²) in [5.74, 6) is -0.794. The number of ether oxygens (including phenoxy) is 1. The van der Waals surface area contributed by atoms with Gasteiger partial charge in [0.05, 0.1) is 5.56 Å². The smallest absolute Gasteiger partial charge is 0.338 e. The Morgan fingerprint density at radius 1 is 1.03 bits per heavy atom. The normalized spacial score (nSPS) is 25.6. The molecule has 1 N–H and O–H groups in total. The van der Waals surface area contributed by atoms with Crippen molar-refractivity contribution in [2.45, 2.75) is 69.2 Å². The molecule has 1 unspecified atom stereocenters. The average molecular weight is 464 g/mol. The molecule has 1 saturated carbocycles. The number of fused-ring (bicyclic) bond motifs is 2. The first kappa shape index (κ1) is 21.0. The Morgan fingerprint density at radius 2 is 1.68 bits per heavy atom. The molecule has 2 aliphatic heterocycles. The zero-order valence-electron chi connectivity index (χ0n) is 17.0. The maximum atomic E-state index is 14.5. The van der Waals surface area contributed by atoms with Crippen molar-refractivity contribution in [2.24, 2.45) is 0 Å². The second-order valence-corrected chi connectivity index (χ2v) is 9.86. The Bertz CT molecular complexity index is 992. The van der Waals surface area contributed by atoms with Crippen LogP contribution in [0.5, 0.6) is 5.75 Å². The van der Waals surface area contributed by atoms with Crippen LogP contribution in [0.4, 0.5) is 4.39 Å². The number of hydrogen-bond acceptors (Lipinski definition) is 3. The van der Waals surface area contributed by atoms with Crippen molar-refractivity contribution in [1.82, 2.24) is 4.90 Å². The molecule has 3 atom stereocenters. The maximum absolute atomic E-state index is 14.5. The lowest BCUT2D eigenvalue weighted by Gasteiger charge is -2.39. The summed E-state index contributed by atoms with van der Waals surface area (Å²) in [6.07, 6.45) is 6.16. The Kier molecular flexibility index (Phi) is 5.61. The van der Waals surface area contributed by atoms with Gasteiger partial charge in [-0.05, 0) is 85.9 Å². The lowest BCUT2D eigenvalue weighted by molar-refractivity contribution is 0.0443. The molecule has 5 rings (SSSR count). The molecule has 0 spiro atoms. The Morgan fingerprint density at radius 3 is 2.26 bits per heavy atom. The van der Waals surface area contributed by atoms with Crippen LogP contribution in [-0.4, -0.2) is 34.2 Å². The number of nitrogens with zero attached hydrogens (tertiary/aromatic N) is 1. The van der Waals surface area contributed by atoms with E-state index in [0.29, 0.717) is 40.3 Å². The van der Waals surface area contributed by atoms with E-state index >= 15 is 0 Å². The fourth-order valence-electron chi connectivity index (χ4n) is 5.27. The van der Waals surface area contributed by atoms with Crippen LogP contribution in [0.3, 0.4) is 0 Å². The van der Waals surface area contributed by atoms with Gasteiger partial charge in [-0.1, -0.05) is 23.2 Å². The van der Waals surface area contributed by atoms with Gasteiger partial charge in [0.15, 0.2) is 0 Å². The molecule has 2 aromatic carbocycles. The van der Waals surface area contributed by atoms with Gasteiger partial charge >= 0.3 is 5.97 Å². The molecule has 2 aromatic rings. The summed E-state index contributed by atoms with van der Waals surface area (Å²) in [4.78, 5) is 13.8. The minimum atomic E-state index is -1.20. The largest absolute Gasteiger partial charge is 0.490 e. The first-order chi connectivity index (χ1) is 14.9. The molecule has 2 heterocycles. The van der Waals surface area contributed by atoms with Gasteiger partial charge < -0.3 is 9.84 Å². The molecule has 164 valence electrons. The van der Waals surface area contributed by atoms with Crippen molar-refractivity contribution in [3.05, 3.63) is 62.9 Å². The van der Waals surface area contributed by atoms with Crippen LogP contribution in [0.2, 0.25) is 10.0 Å². The van der Waals surface area contributed by atoms with Gasteiger partial charge in [0.1, 0.15) is 17.7 Å². The average Bonchev–Trinajstić information content (AvgIpc) is 3.48. The molecule has 1 aliphatic carbocycles. The highest BCUT2D eigenvalue weighted by atomic mass is 35.5. The molecule has 7 heteroatoms. The lowest BCUT2D eigenvalue weighted by atomic mass is 9.95. The molecule has 0 amide bonds. The number of piperidine rings is 1. The summed E-state index contributed by atoms with van der Waals surface area (Å²) < 4.78 is 20.7. The number of hydrogen-bond donors (Lipinski definition) is 1. The Labute approximate surface area is 190 Å². The van der Waals surface area contributed by atoms with Crippen LogP contribution < -0.4 is 4.74 Å².